The van der Waals surface area contributed by atoms with E-state index in [2.05, 4.69) is 25.9 Å². The maximum absolute atomic E-state index is 13.1. The van der Waals surface area contributed by atoms with E-state index in [1.54, 1.807) is 18.2 Å². The third kappa shape index (κ3) is 4.04. The average molecular weight is 407 g/mol. The van der Waals surface area contributed by atoms with Gasteiger partial charge in [-0.05, 0) is 48.9 Å². The molecule has 2 heterocycles. The summed E-state index contributed by atoms with van der Waals surface area (Å²) in [6.07, 6.45) is -0.167. The zero-order valence-electron chi connectivity index (χ0n) is 16.0. The lowest BCUT2D eigenvalue weighted by Gasteiger charge is -2.23. The number of aryl methyl sites for hydroxylation is 1. The first-order chi connectivity index (χ1) is 14.4. The largest absolute Gasteiger partial charge is 0.326 e. The summed E-state index contributed by atoms with van der Waals surface area (Å²) < 4.78 is 13.1. The number of rotatable bonds is 4. The average Bonchev–Trinajstić information content (AvgIpc) is 2.69. The highest BCUT2D eigenvalue weighted by Crippen LogP contribution is 2.30. The van der Waals surface area contributed by atoms with Gasteiger partial charge in [-0.1, -0.05) is 12.1 Å². The molecule has 2 amide bonds. The van der Waals surface area contributed by atoms with Crippen molar-refractivity contribution in [1.82, 2.24) is 9.97 Å². The summed E-state index contributed by atoms with van der Waals surface area (Å²) in [5.74, 6) is -2.19. The summed E-state index contributed by atoms with van der Waals surface area (Å²) in [7, 11) is 0. The molecule has 1 aliphatic heterocycles. The van der Waals surface area contributed by atoms with Gasteiger partial charge in [0.2, 0.25) is 17.8 Å². The maximum Gasteiger partial charge on any atom is 0.258 e. The van der Waals surface area contributed by atoms with Gasteiger partial charge in [-0.25, -0.2) is 4.39 Å². The molecule has 0 unspecified atom stereocenters. The van der Waals surface area contributed by atoms with Crippen LogP contribution in [0.5, 0.6) is 0 Å². The molecule has 0 fully saturated rings. The second-order valence-electron chi connectivity index (χ2n) is 6.97. The first kappa shape index (κ1) is 19.3. The van der Waals surface area contributed by atoms with E-state index in [0.717, 1.165) is 5.56 Å². The Balaban J connectivity index is 1.63. The third-order valence-electron chi connectivity index (χ3n) is 4.66. The quantitative estimate of drug-likeness (QED) is 0.531. The maximum atomic E-state index is 13.1. The molecule has 1 atom stereocenters. The highest BCUT2D eigenvalue weighted by Gasteiger charge is 2.34. The minimum absolute atomic E-state index is 0.0176. The second-order valence-corrected chi connectivity index (χ2v) is 6.97. The van der Waals surface area contributed by atoms with Crippen LogP contribution in [0.4, 0.5) is 27.5 Å². The van der Waals surface area contributed by atoms with Crippen LogP contribution in [-0.2, 0) is 9.59 Å². The molecule has 30 heavy (non-hydrogen) atoms. The topological polar surface area (TPSA) is 116 Å². The molecule has 2 aromatic carbocycles. The standard InChI is InChI=1S/C21H18FN5O3/c1-11-3-2-4-14(9-11)23-19(29)15-10-16(28)25-18-17(15)20(30)27-21(26-18)24-13-7-5-12(22)6-8-13/h2-9,15H,10H2,1H3,(H,23,29)(H3,24,25,26,27,28,30)/t15-/m0/s1. The molecule has 0 radical (unpaired) electrons. The van der Waals surface area contributed by atoms with Crippen LogP contribution >= 0.6 is 0 Å². The number of fused-ring (bicyclic) bond motifs is 1. The molecule has 8 nitrogen and oxygen atoms in total. The molecular formula is C21H18FN5O3. The summed E-state index contributed by atoms with van der Waals surface area (Å²) in [5, 5.41) is 8.14. The van der Waals surface area contributed by atoms with Crippen LogP contribution in [-0.4, -0.2) is 21.8 Å². The number of carbonyl (C=O) groups is 2. The number of aromatic amines is 1. The summed E-state index contributed by atoms with van der Waals surface area (Å²) in [6.45, 7) is 1.89. The SMILES string of the molecule is Cc1cccc(NC(=O)[C@H]2CC(=O)Nc3nc(Nc4ccc(F)cc4)[nH]c(=O)c32)c1. The Hall–Kier alpha value is -4.01. The molecule has 0 saturated heterocycles. The summed E-state index contributed by atoms with van der Waals surface area (Å²) >= 11 is 0. The zero-order chi connectivity index (χ0) is 21.3. The Morgan fingerprint density at radius 1 is 1.13 bits per heavy atom. The Morgan fingerprint density at radius 3 is 2.63 bits per heavy atom. The number of aromatic nitrogens is 2. The highest BCUT2D eigenvalue weighted by atomic mass is 19.1. The van der Waals surface area contributed by atoms with E-state index in [9.17, 15) is 18.8 Å². The summed E-state index contributed by atoms with van der Waals surface area (Å²) in [4.78, 5) is 44.5. The Kier molecular flexibility index (Phi) is 5.01. The van der Waals surface area contributed by atoms with Crippen LogP contribution < -0.4 is 21.5 Å². The van der Waals surface area contributed by atoms with Gasteiger partial charge < -0.3 is 16.0 Å². The minimum Gasteiger partial charge on any atom is -0.326 e. The van der Waals surface area contributed by atoms with E-state index in [0.29, 0.717) is 11.4 Å². The van der Waals surface area contributed by atoms with Crippen molar-refractivity contribution < 1.29 is 14.0 Å². The van der Waals surface area contributed by atoms with Gasteiger partial charge >= 0.3 is 0 Å². The van der Waals surface area contributed by atoms with E-state index in [4.69, 9.17) is 0 Å². The number of nitrogens with zero attached hydrogens (tertiary/aromatic N) is 1. The fourth-order valence-corrected chi connectivity index (χ4v) is 3.28. The number of benzene rings is 2. The molecule has 3 aromatic rings. The normalized spacial score (nSPS) is 15.1. The van der Waals surface area contributed by atoms with Crippen molar-refractivity contribution in [1.29, 1.82) is 0 Å². The van der Waals surface area contributed by atoms with E-state index in [1.165, 1.54) is 24.3 Å². The fourth-order valence-electron chi connectivity index (χ4n) is 3.28. The third-order valence-corrected chi connectivity index (χ3v) is 4.66. The van der Waals surface area contributed by atoms with Gasteiger partial charge in [0.15, 0.2) is 0 Å². The predicted octanol–water partition coefficient (Wildman–Crippen LogP) is 3.03. The Bertz CT molecular complexity index is 1190. The van der Waals surface area contributed by atoms with Crippen LogP contribution in [0, 0.1) is 12.7 Å². The monoisotopic (exact) mass is 407 g/mol. The van der Waals surface area contributed by atoms with Crippen LogP contribution in [0.3, 0.4) is 0 Å². The van der Waals surface area contributed by atoms with Gasteiger partial charge in [0, 0.05) is 17.8 Å². The molecule has 152 valence electrons. The summed E-state index contributed by atoms with van der Waals surface area (Å²) in [6, 6.07) is 12.7. The van der Waals surface area contributed by atoms with Crippen LogP contribution in [0.25, 0.3) is 0 Å². The van der Waals surface area contributed by atoms with E-state index in [1.807, 2.05) is 13.0 Å². The molecular weight excluding hydrogens is 389 g/mol. The number of nitrogens with one attached hydrogen (secondary N) is 4. The Labute approximate surface area is 170 Å². The predicted molar refractivity (Wildman–Crippen MR) is 110 cm³/mol. The van der Waals surface area contributed by atoms with Gasteiger partial charge in [-0.15, -0.1) is 0 Å². The van der Waals surface area contributed by atoms with Crippen molar-refractivity contribution in [2.75, 3.05) is 16.0 Å². The second kappa shape index (κ2) is 7.78. The van der Waals surface area contributed by atoms with Gasteiger partial charge in [-0.2, -0.15) is 4.98 Å². The molecule has 4 rings (SSSR count). The molecule has 0 bridgehead atoms. The van der Waals surface area contributed by atoms with Gasteiger partial charge in [0.1, 0.15) is 11.6 Å². The van der Waals surface area contributed by atoms with Crippen LogP contribution in [0.2, 0.25) is 0 Å². The Morgan fingerprint density at radius 2 is 1.90 bits per heavy atom. The van der Waals surface area contributed by atoms with Crippen molar-refractivity contribution in [3.63, 3.8) is 0 Å². The minimum atomic E-state index is -0.981. The molecule has 0 aliphatic carbocycles. The van der Waals surface area contributed by atoms with Crippen molar-refractivity contribution in [3.05, 3.63) is 75.8 Å². The molecule has 4 N–H and O–H groups in total. The molecule has 9 heteroatoms. The molecule has 0 saturated carbocycles. The number of anilines is 4. The number of halogens is 1. The van der Waals surface area contributed by atoms with Crippen LogP contribution in [0.15, 0.2) is 53.3 Å². The summed E-state index contributed by atoms with van der Waals surface area (Å²) in [5.41, 5.74) is 1.57. The van der Waals surface area contributed by atoms with Crippen LogP contribution in [0.1, 0.15) is 23.5 Å². The number of hydrogen-bond acceptors (Lipinski definition) is 5. The fraction of sp³-hybridized carbons (Fsp3) is 0.143. The van der Waals surface area contributed by atoms with Gasteiger partial charge in [0.25, 0.3) is 5.56 Å². The molecule has 1 aromatic heterocycles. The highest BCUT2D eigenvalue weighted by molar-refractivity contribution is 6.04. The van der Waals surface area contributed by atoms with Crippen molar-refractivity contribution in [2.24, 2.45) is 0 Å². The zero-order valence-corrected chi connectivity index (χ0v) is 16.0. The lowest BCUT2D eigenvalue weighted by molar-refractivity contribution is -0.123. The van der Waals surface area contributed by atoms with Crippen molar-refractivity contribution >= 4 is 35.0 Å². The number of amides is 2. The van der Waals surface area contributed by atoms with E-state index >= 15 is 0 Å². The number of carbonyl (C=O) groups excluding carboxylic acids is 2. The van der Waals surface area contributed by atoms with E-state index in [-0.39, 0.29) is 23.8 Å². The molecule has 1 aliphatic rings. The number of H-pyrrole nitrogens is 1. The lowest BCUT2D eigenvalue weighted by Crippen LogP contribution is -2.36. The lowest BCUT2D eigenvalue weighted by atomic mass is 9.92. The smallest absolute Gasteiger partial charge is 0.258 e. The van der Waals surface area contributed by atoms with Crippen molar-refractivity contribution in [3.8, 4) is 0 Å². The van der Waals surface area contributed by atoms with Gasteiger partial charge in [0.05, 0.1) is 11.5 Å². The first-order valence-corrected chi connectivity index (χ1v) is 9.23. The van der Waals surface area contributed by atoms with Crippen molar-refractivity contribution in [2.45, 2.75) is 19.3 Å². The van der Waals surface area contributed by atoms with E-state index < -0.39 is 29.1 Å². The number of hydrogen-bond donors (Lipinski definition) is 4. The molecule has 0 spiro atoms. The van der Waals surface area contributed by atoms with Gasteiger partial charge in [-0.3, -0.25) is 19.4 Å². The first-order valence-electron chi connectivity index (χ1n) is 9.23.